The normalized spacial score (nSPS) is 23.4. The molecule has 1 aliphatic carbocycles. The van der Waals surface area contributed by atoms with Gasteiger partial charge in [-0.1, -0.05) is 121 Å². The molecule has 1 fully saturated rings. The molecule has 1 saturated carbocycles. The van der Waals surface area contributed by atoms with E-state index in [9.17, 15) is 4.79 Å². The predicted octanol–water partition coefficient (Wildman–Crippen LogP) is 6.70. The lowest BCUT2D eigenvalue weighted by molar-refractivity contribution is -0.120. The Morgan fingerprint density at radius 2 is 0.633 bits per heavy atom. The first-order chi connectivity index (χ1) is 14.8. The highest BCUT2D eigenvalue weighted by atomic mass is 16.1. The van der Waals surface area contributed by atoms with E-state index in [4.69, 9.17) is 0 Å². The fraction of sp³-hybridized carbons (Fsp3) is 0.138. The molecule has 146 valence electrons. The Morgan fingerprint density at radius 3 is 0.933 bits per heavy atom. The fourth-order valence-corrected chi connectivity index (χ4v) is 5.18. The monoisotopic (exact) mass is 388 g/mol. The molecular formula is C29H24O. The third-order valence-electron chi connectivity index (χ3n) is 6.40. The summed E-state index contributed by atoms with van der Waals surface area (Å²) in [4.78, 5) is 14.1. The molecule has 4 aromatic rings. The van der Waals surface area contributed by atoms with Crippen molar-refractivity contribution in [2.24, 2.45) is 0 Å². The molecule has 0 heterocycles. The molecule has 4 aromatic carbocycles. The van der Waals surface area contributed by atoms with Crippen LogP contribution < -0.4 is 0 Å². The summed E-state index contributed by atoms with van der Waals surface area (Å²) in [5, 5.41) is 0. The van der Waals surface area contributed by atoms with Crippen LogP contribution >= 0.6 is 0 Å². The molecule has 0 bridgehead atoms. The predicted molar refractivity (Wildman–Crippen MR) is 122 cm³/mol. The highest BCUT2D eigenvalue weighted by molar-refractivity contribution is 5.97. The van der Waals surface area contributed by atoms with E-state index in [1.54, 1.807) is 0 Å². The number of hydrogen-bond donors (Lipinski definition) is 0. The van der Waals surface area contributed by atoms with Crippen LogP contribution in [0.15, 0.2) is 121 Å². The van der Waals surface area contributed by atoms with E-state index in [1.165, 1.54) is 11.1 Å². The van der Waals surface area contributed by atoms with Crippen LogP contribution in [0.4, 0.5) is 0 Å². The first kappa shape index (κ1) is 18.6. The largest absolute Gasteiger partial charge is 0.298 e. The first-order valence-corrected chi connectivity index (χ1v) is 10.6. The topological polar surface area (TPSA) is 17.1 Å². The third-order valence-corrected chi connectivity index (χ3v) is 6.40. The Balaban J connectivity index is 1.74. The van der Waals surface area contributed by atoms with E-state index in [1.807, 2.05) is 48.5 Å². The second-order valence-electron chi connectivity index (χ2n) is 8.05. The van der Waals surface area contributed by atoms with E-state index in [0.29, 0.717) is 5.78 Å². The molecule has 5 rings (SSSR count). The van der Waals surface area contributed by atoms with Crippen molar-refractivity contribution in [1.82, 2.24) is 0 Å². The summed E-state index contributed by atoms with van der Waals surface area (Å²) < 4.78 is 0. The second kappa shape index (κ2) is 8.12. The Morgan fingerprint density at radius 1 is 0.367 bits per heavy atom. The zero-order valence-electron chi connectivity index (χ0n) is 16.8. The van der Waals surface area contributed by atoms with Crippen LogP contribution in [0.5, 0.6) is 0 Å². The second-order valence-corrected chi connectivity index (χ2v) is 8.05. The van der Waals surface area contributed by atoms with Crippen molar-refractivity contribution in [1.29, 1.82) is 0 Å². The third kappa shape index (κ3) is 3.27. The minimum Gasteiger partial charge on any atom is -0.298 e. The van der Waals surface area contributed by atoms with Gasteiger partial charge < -0.3 is 0 Å². The molecule has 0 N–H and O–H groups in total. The van der Waals surface area contributed by atoms with E-state index in [2.05, 4.69) is 72.8 Å². The van der Waals surface area contributed by atoms with E-state index < -0.39 is 0 Å². The summed E-state index contributed by atoms with van der Waals surface area (Å²) in [5.41, 5.74) is 4.67. The summed E-state index contributed by atoms with van der Waals surface area (Å²) in [6, 6.07) is 41.7. The molecule has 0 aromatic heterocycles. The lowest BCUT2D eigenvalue weighted by atomic mass is 9.75. The maximum atomic E-state index is 14.1. The SMILES string of the molecule is O=C1C(c2ccccc2)C(c2ccccc2)C(c2ccccc2)C1c1ccccc1. The molecule has 1 aliphatic rings. The Hall–Kier alpha value is -3.45. The van der Waals surface area contributed by atoms with Gasteiger partial charge in [0.1, 0.15) is 5.78 Å². The molecule has 0 spiro atoms. The van der Waals surface area contributed by atoms with Crippen LogP contribution in [0, 0.1) is 0 Å². The van der Waals surface area contributed by atoms with Crippen molar-refractivity contribution in [3.63, 3.8) is 0 Å². The van der Waals surface area contributed by atoms with Crippen LogP contribution in [-0.4, -0.2) is 5.78 Å². The number of Topliss-reactive ketones (excluding diaryl/α,β-unsaturated/α-hetero) is 1. The van der Waals surface area contributed by atoms with Crippen LogP contribution in [0.2, 0.25) is 0 Å². The molecular weight excluding hydrogens is 364 g/mol. The molecule has 30 heavy (non-hydrogen) atoms. The van der Waals surface area contributed by atoms with Crippen molar-refractivity contribution < 1.29 is 4.79 Å². The van der Waals surface area contributed by atoms with Crippen LogP contribution in [0.3, 0.4) is 0 Å². The number of rotatable bonds is 4. The Labute approximate surface area is 178 Å². The summed E-state index contributed by atoms with van der Waals surface area (Å²) >= 11 is 0. The number of carbonyl (C=O) groups is 1. The summed E-state index contributed by atoms with van der Waals surface area (Å²) in [7, 11) is 0. The summed E-state index contributed by atoms with van der Waals surface area (Å²) in [6.45, 7) is 0. The van der Waals surface area contributed by atoms with Crippen LogP contribution in [0.25, 0.3) is 0 Å². The molecule has 1 nitrogen and oxygen atoms in total. The van der Waals surface area contributed by atoms with Crippen molar-refractivity contribution in [2.75, 3.05) is 0 Å². The molecule has 0 aliphatic heterocycles. The Bertz CT molecular complexity index is 1010. The van der Waals surface area contributed by atoms with Gasteiger partial charge in [0.15, 0.2) is 0 Å². The zero-order chi connectivity index (χ0) is 20.3. The van der Waals surface area contributed by atoms with Gasteiger partial charge in [-0.15, -0.1) is 0 Å². The minimum atomic E-state index is -0.163. The quantitative estimate of drug-likeness (QED) is 0.380. The maximum absolute atomic E-state index is 14.1. The van der Waals surface area contributed by atoms with Gasteiger partial charge in [-0.05, 0) is 22.3 Å². The average molecular weight is 389 g/mol. The van der Waals surface area contributed by atoms with Crippen molar-refractivity contribution in [3.05, 3.63) is 144 Å². The Kier molecular flexibility index (Phi) is 5.03. The fourth-order valence-electron chi connectivity index (χ4n) is 5.18. The van der Waals surface area contributed by atoms with Crippen molar-refractivity contribution >= 4 is 5.78 Å². The van der Waals surface area contributed by atoms with Gasteiger partial charge in [0, 0.05) is 11.8 Å². The number of hydrogen-bond acceptors (Lipinski definition) is 1. The van der Waals surface area contributed by atoms with Crippen molar-refractivity contribution in [3.8, 4) is 0 Å². The van der Waals surface area contributed by atoms with Crippen LogP contribution in [-0.2, 0) is 4.79 Å². The molecule has 0 saturated heterocycles. The first-order valence-electron chi connectivity index (χ1n) is 10.6. The highest BCUT2D eigenvalue weighted by Gasteiger charge is 2.51. The number of ketones is 1. The van der Waals surface area contributed by atoms with Gasteiger partial charge in [-0.3, -0.25) is 4.79 Å². The molecule has 1 heteroatoms. The van der Waals surface area contributed by atoms with E-state index >= 15 is 0 Å². The summed E-state index contributed by atoms with van der Waals surface area (Å²) in [5.74, 6) is 0.172. The zero-order valence-corrected chi connectivity index (χ0v) is 16.8. The average Bonchev–Trinajstić information content (AvgIpc) is 3.14. The van der Waals surface area contributed by atoms with Gasteiger partial charge >= 0.3 is 0 Å². The lowest BCUT2D eigenvalue weighted by Crippen LogP contribution is -2.14. The van der Waals surface area contributed by atoms with Gasteiger partial charge in [0.05, 0.1) is 11.8 Å². The van der Waals surface area contributed by atoms with Gasteiger partial charge in [-0.2, -0.15) is 0 Å². The van der Waals surface area contributed by atoms with Gasteiger partial charge in [-0.25, -0.2) is 0 Å². The van der Waals surface area contributed by atoms with E-state index in [-0.39, 0.29) is 23.7 Å². The smallest absolute Gasteiger partial charge is 0.149 e. The number of benzene rings is 4. The highest BCUT2D eigenvalue weighted by Crippen LogP contribution is 2.58. The summed E-state index contributed by atoms with van der Waals surface area (Å²) in [6.07, 6.45) is 0. The molecule has 0 amide bonds. The minimum absolute atomic E-state index is 0.0914. The molecule has 4 atom stereocenters. The molecule has 0 radical (unpaired) electrons. The lowest BCUT2D eigenvalue weighted by Gasteiger charge is -2.27. The van der Waals surface area contributed by atoms with Gasteiger partial charge in [0.2, 0.25) is 0 Å². The van der Waals surface area contributed by atoms with Crippen molar-refractivity contribution in [2.45, 2.75) is 23.7 Å². The molecule has 4 unspecified atom stereocenters. The standard InChI is InChI=1S/C29H24O/c30-29-27(23-17-9-3-10-18-23)25(21-13-5-1-6-14-21)26(22-15-7-2-8-16-22)28(29)24-19-11-4-12-20-24/h1-20,25-28H. The van der Waals surface area contributed by atoms with Crippen LogP contribution in [0.1, 0.15) is 45.9 Å². The maximum Gasteiger partial charge on any atom is 0.149 e. The van der Waals surface area contributed by atoms with E-state index in [0.717, 1.165) is 11.1 Å². The number of carbonyl (C=O) groups excluding carboxylic acids is 1. The van der Waals surface area contributed by atoms with Gasteiger partial charge in [0.25, 0.3) is 0 Å².